The van der Waals surface area contributed by atoms with Crippen LogP contribution >= 0.6 is 0 Å². The fourth-order valence-electron chi connectivity index (χ4n) is 2.34. The van der Waals surface area contributed by atoms with E-state index >= 15 is 0 Å². The molecule has 1 aliphatic rings. The van der Waals surface area contributed by atoms with E-state index in [-0.39, 0.29) is 5.92 Å². The van der Waals surface area contributed by atoms with Crippen molar-refractivity contribution in [2.24, 2.45) is 0 Å². The Morgan fingerprint density at radius 1 is 1.56 bits per heavy atom. The summed E-state index contributed by atoms with van der Waals surface area (Å²) >= 11 is 0. The molecule has 1 unspecified atom stereocenters. The number of likely N-dealkylation sites (N-methyl/N-ethyl adjacent to an activating group) is 1. The Labute approximate surface area is 96.5 Å². The Morgan fingerprint density at radius 3 is 3.12 bits per heavy atom. The molecule has 3 heteroatoms. The second kappa shape index (κ2) is 4.74. The molecule has 0 bridgehead atoms. The van der Waals surface area contributed by atoms with Crippen molar-refractivity contribution in [3.8, 4) is 0 Å². The minimum Gasteiger partial charge on any atom is -0.302 e. The zero-order valence-electron chi connectivity index (χ0n) is 9.94. The number of rotatable bonds is 3. The molecule has 3 nitrogen and oxygen atoms in total. The Morgan fingerprint density at radius 2 is 2.38 bits per heavy atom. The average molecular weight is 218 g/mol. The maximum absolute atomic E-state index is 12.1. The van der Waals surface area contributed by atoms with Crippen molar-refractivity contribution in [2.75, 3.05) is 20.6 Å². The van der Waals surface area contributed by atoms with E-state index in [1.807, 2.05) is 25.1 Å². The number of hydrogen-bond acceptors (Lipinski definition) is 3. The number of pyridine rings is 1. The molecule has 86 valence electrons. The van der Waals surface area contributed by atoms with Crippen LogP contribution in [0.15, 0.2) is 18.3 Å². The van der Waals surface area contributed by atoms with Crippen molar-refractivity contribution in [3.05, 3.63) is 29.6 Å². The molecule has 16 heavy (non-hydrogen) atoms. The van der Waals surface area contributed by atoms with Crippen LogP contribution in [0.4, 0.5) is 0 Å². The normalized spacial score (nSPS) is 19.6. The van der Waals surface area contributed by atoms with Crippen LogP contribution in [0.5, 0.6) is 0 Å². The summed E-state index contributed by atoms with van der Waals surface area (Å²) in [6.45, 7) is 0.515. The van der Waals surface area contributed by atoms with E-state index in [0.717, 1.165) is 25.0 Å². The summed E-state index contributed by atoms with van der Waals surface area (Å²) < 4.78 is 0. The van der Waals surface area contributed by atoms with Crippen molar-refractivity contribution < 1.29 is 4.79 Å². The Hall–Kier alpha value is -1.22. The number of ketones is 1. The Kier molecular flexibility index (Phi) is 3.34. The zero-order chi connectivity index (χ0) is 11.5. The number of aryl methyl sites for hydroxylation is 1. The topological polar surface area (TPSA) is 33.2 Å². The number of carbonyl (C=O) groups excluding carboxylic acids is 1. The maximum Gasteiger partial charge on any atom is 0.155 e. The highest BCUT2D eigenvalue weighted by Crippen LogP contribution is 2.30. The molecule has 1 aliphatic carbocycles. The molecule has 0 saturated carbocycles. The highest BCUT2D eigenvalue weighted by molar-refractivity contribution is 5.87. The first kappa shape index (κ1) is 11.3. The fourth-order valence-corrected chi connectivity index (χ4v) is 2.34. The van der Waals surface area contributed by atoms with Gasteiger partial charge < -0.3 is 4.90 Å². The lowest BCUT2D eigenvalue weighted by Gasteiger charge is -2.24. The molecule has 1 heterocycles. The van der Waals surface area contributed by atoms with Crippen LogP contribution in [-0.2, 0) is 11.2 Å². The SMILES string of the molecule is CN(C)CC(=O)C1CCCc2cccnc21. The van der Waals surface area contributed by atoms with Gasteiger partial charge in [0.2, 0.25) is 0 Å². The van der Waals surface area contributed by atoms with Gasteiger partial charge in [0.1, 0.15) is 0 Å². The van der Waals surface area contributed by atoms with Crippen molar-refractivity contribution >= 4 is 5.78 Å². The second-order valence-electron chi connectivity index (χ2n) is 4.70. The molecule has 1 atom stereocenters. The van der Waals surface area contributed by atoms with Crippen LogP contribution in [0.3, 0.4) is 0 Å². The molecule has 0 fully saturated rings. The van der Waals surface area contributed by atoms with Crippen LogP contribution in [0.1, 0.15) is 30.0 Å². The maximum atomic E-state index is 12.1. The van der Waals surface area contributed by atoms with Crippen molar-refractivity contribution in [3.63, 3.8) is 0 Å². The number of Topliss-reactive ketones (excluding diaryl/α,β-unsaturated/α-hetero) is 1. The zero-order valence-corrected chi connectivity index (χ0v) is 9.94. The molecule has 0 N–H and O–H groups in total. The first-order chi connectivity index (χ1) is 7.68. The first-order valence-corrected chi connectivity index (χ1v) is 5.79. The van der Waals surface area contributed by atoms with Gasteiger partial charge in [-0.3, -0.25) is 9.78 Å². The number of hydrogen-bond donors (Lipinski definition) is 0. The van der Waals surface area contributed by atoms with Gasteiger partial charge in [0, 0.05) is 6.20 Å². The minimum absolute atomic E-state index is 0.0207. The monoisotopic (exact) mass is 218 g/mol. The standard InChI is InChI=1S/C13H18N2O/c1-15(2)9-12(16)11-7-3-5-10-6-4-8-14-13(10)11/h4,6,8,11H,3,5,7,9H2,1-2H3. The number of aromatic nitrogens is 1. The van der Waals surface area contributed by atoms with Crippen LogP contribution in [-0.4, -0.2) is 36.3 Å². The van der Waals surface area contributed by atoms with E-state index in [4.69, 9.17) is 0 Å². The second-order valence-corrected chi connectivity index (χ2v) is 4.70. The molecule has 2 rings (SSSR count). The molecule has 0 radical (unpaired) electrons. The van der Waals surface area contributed by atoms with Crippen LogP contribution < -0.4 is 0 Å². The van der Waals surface area contributed by atoms with Crippen LogP contribution in [0.25, 0.3) is 0 Å². The first-order valence-electron chi connectivity index (χ1n) is 5.79. The van der Waals surface area contributed by atoms with E-state index in [9.17, 15) is 4.79 Å². The minimum atomic E-state index is 0.0207. The fraction of sp³-hybridized carbons (Fsp3) is 0.538. The third kappa shape index (κ3) is 2.30. The van der Waals surface area contributed by atoms with Gasteiger partial charge in [0.15, 0.2) is 5.78 Å². The molecule has 1 aromatic heterocycles. The predicted molar refractivity (Wildman–Crippen MR) is 63.5 cm³/mol. The number of carbonyl (C=O) groups is 1. The van der Waals surface area contributed by atoms with Crippen molar-refractivity contribution in [2.45, 2.75) is 25.2 Å². The molecule has 0 aromatic carbocycles. The van der Waals surface area contributed by atoms with Gasteiger partial charge in [-0.05, 0) is 45.0 Å². The van der Waals surface area contributed by atoms with Gasteiger partial charge in [-0.1, -0.05) is 6.07 Å². The predicted octanol–water partition coefficient (Wildman–Crippen LogP) is 1.63. The molecule has 0 saturated heterocycles. The van der Waals surface area contributed by atoms with E-state index in [0.29, 0.717) is 12.3 Å². The molecule has 1 aromatic rings. The number of fused-ring (bicyclic) bond motifs is 1. The van der Waals surface area contributed by atoms with Crippen molar-refractivity contribution in [1.29, 1.82) is 0 Å². The van der Waals surface area contributed by atoms with Gasteiger partial charge >= 0.3 is 0 Å². The smallest absolute Gasteiger partial charge is 0.155 e. The van der Waals surface area contributed by atoms with Gasteiger partial charge in [-0.15, -0.1) is 0 Å². The lowest BCUT2D eigenvalue weighted by atomic mass is 9.84. The van der Waals surface area contributed by atoms with Crippen molar-refractivity contribution in [1.82, 2.24) is 9.88 Å². The van der Waals surface area contributed by atoms with E-state index in [1.54, 1.807) is 6.20 Å². The largest absolute Gasteiger partial charge is 0.302 e. The third-order valence-electron chi connectivity index (χ3n) is 3.06. The lowest BCUT2D eigenvalue weighted by Crippen LogP contribution is -2.29. The summed E-state index contributed by atoms with van der Waals surface area (Å²) in [7, 11) is 3.86. The highest BCUT2D eigenvalue weighted by Gasteiger charge is 2.27. The van der Waals surface area contributed by atoms with E-state index in [2.05, 4.69) is 11.1 Å². The van der Waals surface area contributed by atoms with Gasteiger partial charge in [0.05, 0.1) is 18.2 Å². The lowest BCUT2D eigenvalue weighted by molar-refractivity contribution is -0.121. The van der Waals surface area contributed by atoms with E-state index in [1.165, 1.54) is 5.56 Å². The Balaban J connectivity index is 2.21. The van der Waals surface area contributed by atoms with E-state index < -0.39 is 0 Å². The van der Waals surface area contributed by atoms with Crippen LogP contribution in [0.2, 0.25) is 0 Å². The molecule has 0 amide bonds. The summed E-state index contributed by atoms with van der Waals surface area (Å²) in [6.07, 6.45) is 4.91. The van der Waals surface area contributed by atoms with Gasteiger partial charge in [-0.2, -0.15) is 0 Å². The molecular weight excluding hydrogens is 200 g/mol. The van der Waals surface area contributed by atoms with Crippen LogP contribution in [0, 0.1) is 0 Å². The summed E-state index contributed by atoms with van der Waals surface area (Å²) in [4.78, 5) is 18.4. The molecular formula is C13H18N2O. The highest BCUT2D eigenvalue weighted by atomic mass is 16.1. The summed E-state index contributed by atoms with van der Waals surface area (Å²) in [5.74, 6) is 0.317. The molecule has 0 spiro atoms. The summed E-state index contributed by atoms with van der Waals surface area (Å²) in [6, 6.07) is 4.05. The van der Waals surface area contributed by atoms with Gasteiger partial charge in [0.25, 0.3) is 0 Å². The summed E-state index contributed by atoms with van der Waals surface area (Å²) in [5, 5.41) is 0. The number of nitrogens with zero attached hydrogens (tertiary/aromatic N) is 2. The molecule has 0 aliphatic heterocycles. The quantitative estimate of drug-likeness (QED) is 0.773. The van der Waals surface area contributed by atoms with Gasteiger partial charge in [-0.25, -0.2) is 0 Å². The average Bonchev–Trinajstić information content (AvgIpc) is 2.27. The summed E-state index contributed by atoms with van der Waals surface area (Å²) in [5.41, 5.74) is 2.27. The third-order valence-corrected chi connectivity index (χ3v) is 3.06. The Bertz CT molecular complexity index is 387.